The molecule has 0 radical (unpaired) electrons. The molecule has 2 N–H and O–H groups in total. The molecule has 0 aliphatic heterocycles. The van der Waals surface area contributed by atoms with Crippen LogP contribution in [0, 0.1) is 6.92 Å². The van der Waals surface area contributed by atoms with Crippen LogP contribution >= 0.6 is 11.6 Å². The van der Waals surface area contributed by atoms with E-state index in [2.05, 4.69) is 20.8 Å². The maximum Gasteiger partial charge on any atom is 0.272 e. The van der Waals surface area contributed by atoms with Crippen molar-refractivity contribution in [3.63, 3.8) is 0 Å². The molecule has 23 heavy (non-hydrogen) atoms. The number of hydrogen-bond donors (Lipinski definition) is 2. The highest BCUT2D eigenvalue weighted by atomic mass is 35.5. The molecule has 0 saturated heterocycles. The first-order chi connectivity index (χ1) is 11.1. The van der Waals surface area contributed by atoms with Crippen LogP contribution in [0.2, 0.25) is 5.02 Å². The van der Waals surface area contributed by atoms with Gasteiger partial charge in [-0.2, -0.15) is 0 Å². The summed E-state index contributed by atoms with van der Waals surface area (Å²) in [6, 6.07) is 7.25. The lowest BCUT2D eigenvalue weighted by Gasteiger charge is -2.12. The van der Waals surface area contributed by atoms with E-state index in [9.17, 15) is 4.79 Å². The molecule has 1 aliphatic rings. The summed E-state index contributed by atoms with van der Waals surface area (Å²) in [5.41, 5.74) is 1.96. The van der Waals surface area contributed by atoms with Crippen LogP contribution in [-0.2, 0) is 0 Å². The third-order valence-corrected chi connectivity index (χ3v) is 3.96. The second kappa shape index (κ2) is 6.42. The maximum absolute atomic E-state index is 11.9. The second-order valence-electron chi connectivity index (χ2n) is 5.48. The SMILES string of the molecule is COc1cc(Cl)c(C)cc1Nc1ccc(C(=O)NC2CC2)nn1. The summed E-state index contributed by atoms with van der Waals surface area (Å²) in [6.45, 7) is 1.91. The zero-order valence-electron chi connectivity index (χ0n) is 12.9. The molecule has 1 aromatic carbocycles. The highest BCUT2D eigenvalue weighted by Gasteiger charge is 2.24. The zero-order chi connectivity index (χ0) is 16.4. The molecule has 6 nitrogen and oxygen atoms in total. The van der Waals surface area contributed by atoms with Crippen LogP contribution < -0.4 is 15.4 Å². The van der Waals surface area contributed by atoms with Crippen molar-refractivity contribution in [2.24, 2.45) is 0 Å². The molecule has 0 bridgehead atoms. The first-order valence-corrected chi connectivity index (χ1v) is 7.70. The summed E-state index contributed by atoms with van der Waals surface area (Å²) in [6.07, 6.45) is 2.07. The number of carbonyl (C=O) groups is 1. The van der Waals surface area contributed by atoms with E-state index in [0.717, 1.165) is 24.1 Å². The Labute approximate surface area is 139 Å². The first kappa shape index (κ1) is 15.6. The molecule has 0 atom stereocenters. The number of benzene rings is 1. The Morgan fingerprint density at radius 2 is 2.09 bits per heavy atom. The first-order valence-electron chi connectivity index (χ1n) is 7.32. The van der Waals surface area contributed by atoms with Crippen LogP contribution in [0.25, 0.3) is 0 Å². The number of methoxy groups -OCH3 is 1. The van der Waals surface area contributed by atoms with E-state index in [-0.39, 0.29) is 5.91 Å². The minimum atomic E-state index is -0.188. The second-order valence-corrected chi connectivity index (χ2v) is 5.89. The minimum absolute atomic E-state index is 0.188. The number of amides is 1. The van der Waals surface area contributed by atoms with Gasteiger partial charge in [0.15, 0.2) is 11.5 Å². The lowest BCUT2D eigenvalue weighted by molar-refractivity contribution is 0.0945. The number of aryl methyl sites for hydroxylation is 1. The number of rotatable bonds is 5. The van der Waals surface area contributed by atoms with Crippen molar-refractivity contribution < 1.29 is 9.53 Å². The Kier molecular flexibility index (Phi) is 4.34. The summed E-state index contributed by atoms with van der Waals surface area (Å²) in [5.74, 6) is 0.942. The van der Waals surface area contributed by atoms with Gasteiger partial charge in [-0.15, -0.1) is 10.2 Å². The number of nitrogens with one attached hydrogen (secondary N) is 2. The van der Waals surface area contributed by atoms with Gasteiger partial charge in [0.1, 0.15) is 5.75 Å². The summed E-state index contributed by atoms with van der Waals surface area (Å²) in [7, 11) is 1.57. The van der Waals surface area contributed by atoms with Gasteiger partial charge in [-0.25, -0.2) is 0 Å². The fourth-order valence-corrected chi connectivity index (χ4v) is 2.23. The largest absolute Gasteiger partial charge is 0.495 e. The van der Waals surface area contributed by atoms with E-state index in [1.165, 1.54) is 0 Å². The van der Waals surface area contributed by atoms with Crippen molar-refractivity contribution >= 4 is 29.0 Å². The Hall–Kier alpha value is -2.34. The molecule has 7 heteroatoms. The third-order valence-electron chi connectivity index (χ3n) is 3.55. The monoisotopic (exact) mass is 332 g/mol. The fourth-order valence-electron chi connectivity index (χ4n) is 2.07. The number of ether oxygens (including phenoxy) is 1. The van der Waals surface area contributed by atoms with Gasteiger partial charge in [0.25, 0.3) is 5.91 Å². The summed E-state index contributed by atoms with van der Waals surface area (Å²) in [5, 5.41) is 14.6. The third kappa shape index (κ3) is 3.71. The average molecular weight is 333 g/mol. The highest BCUT2D eigenvalue weighted by Crippen LogP contribution is 2.32. The van der Waals surface area contributed by atoms with E-state index >= 15 is 0 Å². The van der Waals surface area contributed by atoms with Crippen molar-refractivity contribution in [2.45, 2.75) is 25.8 Å². The number of nitrogens with zero attached hydrogens (tertiary/aromatic N) is 2. The molecule has 1 aromatic heterocycles. The topological polar surface area (TPSA) is 76.1 Å². The predicted molar refractivity (Wildman–Crippen MR) is 88.5 cm³/mol. The van der Waals surface area contributed by atoms with Crippen molar-refractivity contribution in [3.05, 3.63) is 40.5 Å². The van der Waals surface area contributed by atoms with E-state index < -0.39 is 0 Å². The molecule has 0 spiro atoms. The smallest absolute Gasteiger partial charge is 0.272 e. The Morgan fingerprint density at radius 1 is 1.30 bits per heavy atom. The lowest BCUT2D eigenvalue weighted by Crippen LogP contribution is -2.26. The Balaban J connectivity index is 1.75. The van der Waals surface area contributed by atoms with Gasteiger partial charge in [-0.05, 0) is 43.5 Å². The lowest BCUT2D eigenvalue weighted by atomic mass is 10.2. The van der Waals surface area contributed by atoms with Gasteiger partial charge >= 0.3 is 0 Å². The van der Waals surface area contributed by atoms with Gasteiger partial charge < -0.3 is 15.4 Å². The molecule has 0 unspecified atom stereocenters. The van der Waals surface area contributed by atoms with Crippen LogP contribution in [0.4, 0.5) is 11.5 Å². The Morgan fingerprint density at radius 3 is 2.70 bits per heavy atom. The highest BCUT2D eigenvalue weighted by molar-refractivity contribution is 6.31. The van der Waals surface area contributed by atoms with Gasteiger partial charge in [0, 0.05) is 17.1 Å². The van der Waals surface area contributed by atoms with Crippen LogP contribution in [0.15, 0.2) is 24.3 Å². The van der Waals surface area contributed by atoms with E-state index in [1.807, 2.05) is 13.0 Å². The molecule has 2 aromatic rings. The molecule has 1 heterocycles. The van der Waals surface area contributed by atoms with Gasteiger partial charge in [0.05, 0.1) is 12.8 Å². The average Bonchev–Trinajstić information content (AvgIpc) is 3.35. The number of hydrogen-bond acceptors (Lipinski definition) is 5. The maximum atomic E-state index is 11.9. The summed E-state index contributed by atoms with van der Waals surface area (Å²) in [4.78, 5) is 11.9. The quantitative estimate of drug-likeness (QED) is 0.880. The van der Waals surface area contributed by atoms with Gasteiger partial charge in [-0.3, -0.25) is 4.79 Å². The van der Waals surface area contributed by atoms with Crippen molar-refractivity contribution in [3.8, 4) is 5.75 Å². The van der Waals surface area contributed by atoms with Crippen LogP contribution in [0.3, 0.4) is 0 Å². The van der Waals surface area contributed by atoms with Crippen LogP contribution in [-0.4, -0.2) is 29.3 Å². The van der Waals surface area contributed by atoms with Gasteiger partial charge in [-0.1, -0.05) is 11.6 Å². The van der Waals surface area contributed by atoms with Crippen molar-refractivity contribution in [1.29, 1.82) is 0 Å². The fraction of sp³-hybridized carbons (Fsp3) is 0.312. The van der Waals surface area contributed by atoms with Crippen molar-refractivity contribution in [1.82, 2.24) is 15.5 Å². The van der Waals surface area contributed by atoms with E-state index in [0.29, 0.717) is 28.3 Å². The van der Waals surface area contributed by atoms with E-state index in [4.69, 9.17) is 16.3 Å². The molecule has 3 rings (SSSR count). The number of carbonyl (C=O) groups excluding carboxylic acids is 1. The zero-order valence-corrected chi connectivity index (χ0v) is 13.6. The summed E-state index contributed by atoms with van der Waals surface area (Å²) >= 11 is 6.09. The normalized spacial score (nSPS) is 13.5. The predicted octanol–water partition coefficient (Wildman–Crippen LogP) is 3.08. The number of anilines is 2. The molecular weight excluding hydrogens is 316 g/mol. The van der Waals surface area contributed by atoms with E-state index in [1.54, 1.807) is 25.3 Å². The number of halogens is 1. The molecule has 1 aliphatic carbocycles. The minimum Gasteiger partial charge on any atom is -0.495 e. The van der Waals surface area contributed by atoms with Crippen molar-refractivity contribution in [2.75, 3.05) is 12.4 Å². The molecule has 1 saturated carbocycles. The molecule has 1 fully saturated rings. The Bertz CT molecular complexity index is 730. The van der Waals surface area contributed by atoms with Crippen LogP contribution in [0.1, 0.15) is 28.9 Å². The molecular formula is C16H17ClN4O2. The molecule has 1 amide bonds. The van der Waals surface area contributed by atoms with Crippen LogP contribution in [0.5, 0.6) is 5.75 Å². The summed E-state index contributed by atoms with van der Waals surface area (Å²) < 4.78 is 5.31. The number of aromatic nitrogens is 2. The molecule has 120 valence electrons. The van der Waals surface area contributed by atoms with Gasteiger partial charge in [0.2, 0.25) is 0 Å². The standard InChI is InChI=1S/C16H17ClN4O2/c1-9-7-13(14(23-2)8-11(9)17)19-15-6-5-12(20-21-15)16(22)18-10-3-4-10/h5-8,10H,3-4H2,1-2H3,(H,18,22)(H,19,21).